The van der Waals surface area contributed by atoms with Crippen molar-refractivity contribution in [2.75, 3.05) is 13.7 Å². The van der Waals surface area contributed by atoms with Gasteiger partial charge in [0.25, 0.3) is 0 Å². The molecule has 0 saturated heterocycles. The number of ether oxygens (including phenoxy) is 1. The molecule has 2 aromatic carbocycles. The average Bonchev–Trinajstić information content (AvgIpc) is 2.65. The number of carboxylic acid groups (broad SMARTS) is 1. The van der Waals surface area contributed by atoms with Crippen LogP contribution in [0.25, 0.3) is 0 Å². The molecule has 0 aliphatic carbocycles. The van der Waals surface area contributed by atoms with E-state index >= 15 is 0 Å². The summed E-state index contributed by atoms with van der Waals surface area (Å²) in [6.45, 7) is 2.16. The molecule has 5 nitrogen and oxygen atoms in total. The van der Waals surface area contributed by atoms with Gasteiger partial charge >= 0.3 is 5.97 Å². The lowest BCUT2D eigenvalue weighted by Crippen LogP contribution is -2.35. The van der Waals surface area contributed by atoms with Crippen LogP contribution in [0.2, 0.25) is 0 Å². The summed E-state index contributed by atoms with van der Waals surface area (Å²) in [5.41, 5.74) is 2.94. The molecular formula is C21H25NO4. The number of hydrogen-bond donors (Lipinski definition) is 2. The van der Waals surface area contributed by atoms with E-state index in [1.54, 1.807) is 13.2 Å². The van der Waals surface area contributed by atoms with E-state index in [2.05, 4.69) is 12.2 Å². The summed E-state index contributed by atoms with van der Waals surface area (Å²) in [5, 5.41) is 12.2. The van der Waals surface area contributed by atoms with Gasteiger partial charge in [0, 0.05) is 6.54 Å². The largest absolute Gasteiger partial charge is 0.496 e. The first-order valence-electron chi connectivity index (χ1n) is 8.72. The van der Waals surface area contributed by atoms with E-state index in [0.717, 1.165) is 17.5 Å². The number of methoxy groups -OCH3 is 1. The Morgan fingerprint density at radius 2 is 1.73 bits per heavy atom. The molecule has 1 unspecified atom stereocenters. The van der Waals surface area contributed by atoms with Crippen molar-refractivity contribution in [2.24, 2.45) is 5.92 Å². The third-order valence-corrected chi connectivity index (χ3v) is 4.35. The maximum absolute atomic E-state index is 12.1. The first-order chi connectivity index (χ1) is 12.5. The van der Waals surface area contributed by atoms with Crippen molar-refractivity contribution >= 4 is 11.9 Å². The highest BCUT2D eigenvalue weighted by Gasteiger charge is 2.20. The third-order valence-electron chi connectivity index (χ3n) is 4.35. The minimum atomic E-state index is -0.941. The predicted octanol–water partition coefficient (Wildman–Crippen LogP) is 2.86. The highest BCUT2D eigenvalue weighted by Crippen LogP contribution is 2.21. The molecule has 0 bridgehead atoms. The normalized spacial score (nSPS) is 11.6. The van der Waals surface area contributed by atoms with Gasteiger partial charge in [-0.25, -0.2) is 0 Å². The van der Waals surface area contributed by atoms with Crippen LogP contribution in [0.15, 0.2) is 48.5 Å². The van der Waals surface area contributed by atoms with E-state index in [4.69, 9.17) is 4.74 Å². The van der Waals surface area contributed by atoms with E-state index in [1.807, 2.05) is 42.5 Å². The first kappa shape index (κ1) is 19.5. The fourth-order valence-corrected chi connectivity index (χ4v) is 2.76. The molecule has 2 N–H and O–H groups in total. The SMILES string of the molecule is CCc1ccc(CC(=O)NCC(Cc2ccccc2OC)C(=O)O)cc1. The van der Waals surface area contributed by atoms with Crippen LogP contribution in [0.4, 0.5) is 0 Å². The molecule has 0 radical (unpaired) electrons. The van der Waals surface area contributed by atoms with Crippen molar-refractivity contribution in [1.29, 1.82) is 0 Å². The zero-order valence-electron chi connectivity index (χ0n) is 15.2. The van der Waals surface area contributed by atoms with Crippen LogP contribution in [0.1, 0.15) is 23.6 Å². The molecule has 5 heteroatoms. The van der Waals surface area contributed by atoms with E-state index < -0.39 is 11.9 Å². The number of para-hydroxylation sites is 1. The molecule has 0 aliphatic rings. The average molecular weight is 355 g/mol. The number of hydrogen-bond acceptors (Lipinski definition) is 3. The van der Waals surface area contributed by atoms with Crippen molar-refractivity contribution < 1.29 is 19.4 Å². The van der Waals surface area contributed by atoms with Gasteiger partial charge in [-0.2, -0.15) is 0 Å². The monoisotopic (exact) mass is 355 g/mol. The van der Waals surface area contributed by atoms with Crippen LogP contribution >= 0.6 is 0 Å². The summed E-state index contributed by atoms with van der Waals surface area (Å²) in [5.74, 6) is -1.18. The molecule has 1 atom stereocenters. The lowest BCUT2D eigenvalue weighted by molar-refractivity contribution is -0.141. The van der Waals surface area contributed by atoms with Crippen LogP contribution < -0.4 is 10.1 Å². The summed E-state index contributed by atoms with van der Waals surface area (Å²) in [4.78, 5) is 23.7. The Morgan fingerprint density at radius 1 is 1.08 bits per heavy atom. The second kappa shape index (κ2) is 9.61. The van der Waals surface area contributed by atoms with Crippen molar-refractivity contribution in [3.8, 4) is 5.75 Å². The highest BCUT2D eigenvalue weighted by atomic mass is 16.5. The Bertz CT molecular complexity index is 740. The van der Waals surface area contributed by atoms with Gasteiger partial charge in [-0.1, -0.05) is 49.4 Å². The summed E-state index contributed by atoms with van der Waals surface area (Å²) >= 11 is 0. The van der Waals surface area contributed by atoms with Crippen molar-refractivity contribution in [3.63, 3.8) is 0 Å². The molecule has 138 valence electrons. The van der Waals surface area contributed by atoms with Crippen LogP contribution in [-0.2, 0) is 28.9 Å². The first-order valence-corrected chi connectivity index (χ1v) is 8.72. The van der Waals surface area contributed by atoms with Gasteiger partial charge in [0.05, 0.1) is 19.4 Å². The molecule has 0 spiro atoms. The molecule has 1 amide bonds. The number of rotatable bonds is 9. The van der Waals surface area contributed by atoms with E-state index in [9.17, 15) is 14.7 Å². The molecule has 0 saturated carbocycles. The number of nitrogens with one attached hydrogen (secondary N) is 1. The van der Waals surface area contributed by atoms with Crippen LogP contribution in [0, 0.1) is 5.92 Å². The van der Waals surface area contributed by atoms with Gasteiger partial charge in [-0.3, -0.25) is 9.59 Å². The standard InChI is InChI=1S/C21H25NO4/c1-3-15-8-10-16(11-9-15)12-20(23)22-14-18(21(24)25)13-17-6-4-5-7-19(17)26-2/h4-11,18H,3,12-14H2,1-2H3,(H,22,23)(H,24,25). The topological polar surface area (TPSA) is 75.6 Å². The van der Waals surface area contributed by atoms with Crippen LogP contribution in [0.3, 0.4) is 0 Å². The zero-order valence-corrected chi connectivity index (χ0v) is 15.2. The number of amides is 1. The van der Waals surface area contributed by atoms with Gasteiger partial charge in [0.2, 0.25) is 5.91 Å². The van der Waals surface area contributed by atoms with E-state index in [-0.39, 0.29) is 18.9 Å². The van der Waals surface area contributed by atoms with E-state index in [0.29, 0.717) is 12.2 Å². The maximum atomic E-state index is 12.1. The smallest absolute Gasteiger partial charge is 0.308 e. The second-order valence-electron chi connectivity index (χ2n) is 6.20. The highest BCUT2D eigenvalue weighted by molar-refractivity contribution is 5.79. The number of aryl methyl sites for hydroxylation is 1. The summed E-state index contributed by atoms with van der Waals surface area (Å²) < 4.78 is 5.27. The Balaban J connectivity index is 1.92. The lowest BCUT2D eigenvalue weighted by Gasteiger charge is -2.15. The molecule has 2 rings (SSSR count). The Hall–Kier alpha value is -2.82. The summed E-state index contributed by atoms with van der Waals surface area (Å²) in [6, 6.07) is 15.2. The molecular weight excluding hydrogens is 330 g/mol. The van der Waals surface area contributed by atoms with Gasteiger partial charge in [-0.05, 0) is 35.6 Å². The van der Waals surface area contributed by atoms with Crippen LogP contribution in [0.5, 0.6) is 5.75 Å². The third kappa shape index (κ3) is 5.62. The number of aliphatic carboxylic acids is 1. The molecule has 0 aliphatic heterocycles. The predicted molar refractivity (Wildman–Crippen MR) is 100 cm³/mol. The van der Waals surface area contributed by atoms with E-state index in [1.165, 1.54) is 5.56 Å². The zero-order chi connectivity index (χ0) is 18.9. The van der Waals surface area contributed by atoms with Crippen molar-refractivity contribution in [3.05, 3.63) is 65.2 Å². The van der Waals surface area contributed by atoms with Crippen molar-refractivity contribution in [2.45, 2.75) is 26.2 Å². The number of carbonyl (C=O) groups excluding carboxylic acids is 1. The fraction of sp³-hybridized carbons (Fsp3) is 0.333. The number of carbonyl (C=O) groups is 2. The maximum Gasteiger partial charge on any atom is 0.308 e. The van der Waals surface area contributed by atoms with Gasteiger partial charge in [-0.15, -0.1) is 0 Å². The quantitative estimate of drug-likeness (QED) is 0.725. The van der Waals surface area contributed by atoms with Gasteiger partial charge in [0.1, 0.15) is 5.75 Å². The molecule has 2 aromatic rings. The van der Waals surface area contributed by atoms with Gasteiger partial charge < -0.3 is 15.2 Å². The Labute approximate surface area is 154 Å². The second-order valence-corrected chi connectivity index (χ2v) is 6.20. The molecule has 0 aromatic heterocycles. The summed E-state index contributed by atoms with van der Waals surface area (Å²) in [7, 11) is 1.56. The Morgan fingerprint density at radius 3 is 2.35 bits per heavy atom. The lowest BCUT2D eigenvalue weighted by atomic mass is 9.98. The van der Waals surface area contributed by atoms with Crippen LogP contribution in [-0.4, -0.2) is 30.6 Å². The Kier molecular flexibility index (Phi) is 7.21. The number of benzene rings is 2. The molecule has 0 fully saturated rings. The minimum absolute atomic E-state index is 0.0826. The summed E-state index contributed by atoms with van der Waals surface area (Å²) in [6.07, 6.45) is 1.49. The molecule has 0 heterocycles. The fourth-order valence-electron chi connectivity index (χ4n) is 2.76. The minimum Gasteiger partial charge on any atom is -0.496 e. The van der Waals surface area contributed by atoms with Crippen molar-refractivity contribution in [1.82, 2.24) is 5.32 Å². The molecule has 26 heavy (non-hydrogen) atoms. The van der Waals surface area contributed by atoms with Gasteiger partial charge in [0.15, 0.2) is 0 Å². The number of carboxylic acids is 1.